The van der Waals surface area contributed by atoms with Crippen molar-refractivity contribution >= 4 is 0 Å². The molecule has 2 aliphatic rings. The topological polar surface area (TPSA) is 18.5 Å². The Morgan fingerprint density at radius 1 is 0.950 bits per heavy atom. The number of nitrogens with one attached hydrogen (secondary N) is 1. The Bertz CT molecular complexity index is 281. The predicted molar refractivity (Wildman–Crippen MR) is 87.2 cm³/mol. The zero-order chi connectivity index (χ0) is 14.6. The maximum Gasteiger partial charge on any atom is 0.0110 e. The molecule has 0 aromatic carbocycles. The van der Waals surface area contributed by atoms with Crippen LogP contribution in [0.15, 0.2) is 0 Å². The third kappa shape index (κ3) is 5.01. The lowest BCUT2D eigenvalue weighted by molar-refractivity contribution is 0.0650. The van der Waals surface area contributed by atoms with Crippen LogP contribution >= 0.6 is 0 Å². The minimum Gasteiger partial charge on any atom is -0.311 e. The van der Waals surface area contributed by atoms with E-state index in [0.29, 0.717) is 5.41 Å². The monoisotopic (exact) mass is 281 g/mol. The van der Waals surface area contributed by atoms with Gasteiger partial charge in [0.05, 0.1) is 0 Å². The van der Waals surface area contributed by atoms with Crippen LogP contribution in [0.2, 0.25) is 0 Å². The molecule has 0 aromatic heterocycles. The summed E-state index contributed by atoms with van der Waals surface area (Å²) in [5.74, 6) is 0. The van der Waals surface area contributed by atoms with E-state index in [-0.39, 0.29) is 5.54 Å². The first-order valence-corrected chi connectivity index (χ1v) is 8.55. The Balaban J connectivity index is 1.92. The van der Waals surface area contributed by atoms with E-state index in [0.717, 1.165) is 0 Å². The Morgan fingerprint density at radius 2 is 1.55 bits per heavy atom. The van der Waals surface area contributed by atoms with Gasteiger partial charge >= 0.3 is 0 Å². The quantitative estimate of drug-likeness (QED) is 0.854. The molecule has 1 heterocycles. The molecular formula is C17H35N3. The van der Waals surface area contributed by atoms with E-state index in [9.17, 15) is 0 Å². The number of likely N-dealkylation sites (N-methyl/N-ethyl adjacent to an activating group) is 1. The summed E-state index contributed by atoms with van der Waals surface area (Å²) in [4.78, 5) is 5.17. The van der Waals surface area contributed by atoms with Gasteiger partial charge in [-0.2, -0.15) is 0 Å². The SMILES string of the molecule is CN1CCN(CC2(CNC(C)(C)C)CCCCC2)CC1. The second kappa shape index (κ2) is 6.76. The van der Waals surface area contributed by atoms with Gasteiger partial charge in [0.1, 0.15) is 0 Å². The van der Waals surface area contributed by atoms with Crippen molar-refractivity contribution in [2.75, 3.05) is 46.3 Å². The standard InChI is InChI=1S/C17H35N3/c1-16(2,3)18-14-17(8-6-5-7-9-17)15-20-12-10-19(4)11-13-20/h18H,5-15H2,1-4H3. The van der Waals surface area contributed by atoms with Crippen molar-refractivity contribution < 1.29 is 0 Å². The first-order chi connectivity index (χ1) is 9.39. The highest BCUT2D eigenvalue weighted by molar-refractivity contribution is 4.90. The van der Waals surface area contributed by atoms with Crippen molar-refractivity contribution in [3.05, 3.63) is 0 Å². The average Bonchev–Trinajstić information content (AvgIpc) is 2.40. The smallest absolute Gasteiger partial charge is 0.0110 e. The third-order valence-electron chi connectivity index (χ3n) is 5.06. The molecule has 0 amide bonds. The van der Waals surface area contributed by atoms with Crippen molar-refractivity contribution in [3.8, 4) is 0 Å². The molecule has 0 radical (unpaired) electrons. The maximum absolute atomic E-state index is 3.79. The molecule has 20 heavy (non-hydrogen) atoms. The van der Waals surface area contributed by atoms with Gasteiger partial charge in [0.25, 0.3) is 0 Å². The van der Waals surface area contributed by atoms with Crippen molar-refractivity contribution in [1.29, 1.82) is 0 Å². The summed E-state index contributed by atoms with van der Waals surface area (Å²) < 4.78 is 0. The zero-order valence-electron chi connectivity index (χ0n) is 14.2. The van der Waals surface area contributed by atoms with Crippen molar-refractivity contribution in [2.24, 2.45) is 5.41 Å². The minimum atomic E-state index is 0.243. The van der Waals surface area contributed by atoms with Gasteiger partial charge in [-0.15, -0.1) is 0 Å². The largest absolute Gasteiger partial charge is 0.311 e. The first-order valence-electron chi connectivity index (χ1n) is 8.55. The summed E-state index contributed by atoms with van der Waals surface area (Å²) >= 11 is 0. The van der Waals surface area contributed by atoms with E-state index in [1.807, 2.05) is 0 Å². The van der Waals surface area contributed by atoms with Crippen LogP contribution in [0.3, 0.4) is 0 Å². The highest BCUT2D eigenvalue weighted by Gasteiger charge is 2.35. The molecule has 0 unspecified atom stereocenters. The summed E-state index contributed by atoms with van der Waals surface area (Å²) in [6, 6.07) is 0. The highest BCUT2D eigenvalue weighted by atomic mass is 15.2. The van der Waals surface area contributed by atoms with Crippen LogP contribution in [-0.4, -0.2) is 61.7 Å². The second-order valence-corrected chi connectivity index (χ2v) is 8.24. The van der Waals surface area contributed by atoms with Crippen molar-refractivity contribution in [1.82, 2.24) is 15.1 Å². The number of hydrogen-bond acceptors (Lipinski definition) is 3. The zero-order valence-corrected chi connectivity index (χ0v) is 14.2. The minimum absolute atomic E-state index is 0.243. The van der Waals surface area contributed by atoms with E-state index in [4.69, 9.17) is 0 Å². The number of nitrogens with zero attached hydrogens (tertiary/aromatic N) is 2. The van der Waals surface area contributed by atoms with Crippen LogP contribution < -0.4 is 5.32 Å². The predicted octanol–water partition coefficient (Wildman–Crippen LogP) is 2.57. The van der Waals surface area contributed by atoms with Crippen LogP contribution in [0, 0.1) is 5.41 Å². The van der Waals surface area contributed by atoms with Gasteiger partial charge in [-0.05, 0) is 46.1 Å². The average molecular weight is 281 g/mol. The fourth-order valence-electron chi connectivity index (χ4n) is 3.63. The molecule has 1 saturated carbocycles. The molecule has 0 spiro atoms. The summed E-state index contributed by atoms with van der Waals surface area (Å²) in [5, 5.41) is 3.79. The Morgan fingerprint density at radius 3 is 2.10 bits per heavy atom. The second-order valence-electron chi connectivity index (χ2n) is 8.24. The lowest BCUT2D eigenvalue weighted by Crippen LogP contribution is -2.53. The number of piperazine rings is 1. The first kappa shape index (κ1) is 16.3. The summed E-state index contributed by atoms with van der Waals surface area (Å²) in [7, 11) is 2.24. The van der Waals surface area contributed by atoms with Crippen LogP contribution in [-0.2, 0) is 0 Å². The molecule has 118 valence electrons. The van der Waals surface area contributed by atoms with Gasteiger partial charge in [0.15, 0.2) is 0 Å². The summed E-state index contributed by atoms with van der Waals surface area (Å²) in [6.45, 7) is 14.4. The number of hydrogen-bond donors (Lipinski definition) is 1. The summed E-state index contributed by atoms with van der Waals surface area (Å²) in [6.07, 6.45) is 7.14. The molecule has 2 fully saturated rings. The lowest BCUT2D eigenvalue weighted by atomic mass is 9.73. The Labute approximate surface area is 126 Å². The van der Waals surface area contributed by atoms with E-state index in [1.54, 1.807) is 0 Å². The van der Waals surface area contributed by atoms with Gasteiger partial charge in [-0.1, -0.05) is 19.3 Å². The molecule has 1 aliphatic carbocycles. The molecular weight excluding hydrogens is 246 g/mol. The van der Waals surface area contributed by atoms with Crippen LogP contribution in [0.5, 0.6) is 0 Å². The molecule has 0 atom stereocenters. The Kier molecular flexibility index (Phi) is 5.49. The van der Waals surface area contributed by atoms with Gasteiger partial charge in [0, 0.05) is 44.8 Å². The molecule has 1 saturated heterocycles. The normalized spacial score (nSPS) is 25.8. The Hall–Kier alpha value is -0.120. The van der Waals surface area contributed by atoms with Crippen molar-refractivity contribution in [3.63, 3.8) is 0 Å². The molecule has 0 bridgehead atoms. The van der Waals surface area contributed by atoms with E-state index in [1.165, 1.54) is 71.4 Å². The molecule has 1 aliphatic heterocycles. The van der Waals surface area contributed by atoms with Crippen LogP contribution in [0.1, 0.15) is 52.9 Å². The van der Waals surface area contributed by atoms with Crippen LogP contribution in [0.25, 0.3) is 0 Å². The van der Waals surface area contributed by atoms with E-state index in [2.05, 4.69) is 42.9 Å². The third-order valence-corrected chi connectivity index (χ3v) is 5.06. The molecule has 3 heteroatoms. The maximum atomic E-state index is 3.79. The van der Waals surface area contributed by atoms with Gasteiger partial charge < -0.3 is 15.1 Å². The lowest BCUT2D eigenvalue weighted by Gasteiger charge is -2.44. The highest BCUT2D eigenvalue weighted by Crippen LogP contribution is 2.37. The summed E-state index contributed by atoms with van der Waals surface area (Å²) in [5.41, 5.74) is 0.772. The molecule has 2 rings (SSSR count). The van der Waals surface area contributed by atoms with Crippen molar-refractivity contribution in [2.45, 2.75) is 58.4 Å². The van der Waals surface area contributed by atoms with Gasteiger partial charge in [-0.25, -0.2) is 0 Å². The van der Waals surface area contributed by atoms with Crippen LogP contribution in [0.4, 0.5) is 0 Å². The molecule has 0 aromatic rings. The van der Waals surface area contributed by atoms with Gasteiger partial charge in [-0.3, -0.25) is 0 Å². The fourth-order valence-corrected chi connectivity index (χ4v) is 3.63. The van der Waals surface area contributed by atoms with E-state index >= 15 is 0 Å². The molecule has 1 N–H and O–H groups in total. The van der Waals surface area contributed by atoms with E-state index < -0.39 is 0 Å². The van der Waals surface area contributed by atoms with Gasteiger partial charge in [0.2, 0.25) is 0 Å². The number of rotatable bonds is 4. The fraction of sp³-hybridized carbons (Fsp3) is 1.00. The molecule has 3 nitrogen and oxygen atoms in total.